The number of hydrogen-bond donors (Lipinski definition) is 2. The Labute approximate surface area is 144 Å². The number of nitrogens with zero attached hydrogens (tertiary/aromatic N) is 3. The summed E-state index contributed by atoms with van der Waals surface area (Å²) in [5.41, 5.74) is 0.415. The van der Waals surface area contributed by atoms with Gasteiger partial charge in [0.15, 0.2) is 5.96 Å². The first kappa shape index (κ1) is 19.7. The van der Waals surface area contributed by atoms with Gasteiger partial charge in [0.25, 0.3) is 0 Å². The molecule has 0 radical (unpaired) electrons. The van der Waals surface area contributed by atoms with Crippen LogP contribution in [0.3, 0.4) is 0 Å². The molecule has 1 rings (SSSR count). The van der Waals surface area contributed by atoms with E-state index in [1.807, 2.05) is 45.9 Å². The Morgan fingerprint density at radius 3 is 2.67 bits per heavy atom. The lowest BCUT2D eigenvalue weighted by molar-refractivity contribution is 0.0302. The van der Waals surface area contributed by atoms with Crippen molar-refractivity contribution in [2.75, 3.05) is 26.7 Å². The summed E-state index contributed by atoms with van der Waals surface area (Å²) in [6.45, 7) is 9.91. The van der Waals surface area contributed by atoms with Crippen LogP contribution in [0.4, 0.5) is 4.79 Å². The SMILES string of the molecule is CCNC(=NCc1ccccn1)NCCN(C)C(=O)OC(C)(C)C. The zero-order valence-corrected chi connectivity index (χ0v) is 15.3. The van der Waals surface area contributed by atoms with E-state index in [0.29, 0.717) is 25.6 Å². The molecule has 2 N–H and O–H groups in total. The quantitative estimate of drug-likeness (QED) is 0.614. The van der Waals surface area contributed by atoms with E-state index in [-0.39, 0.29) is 6.09 Å². The van der Waals surface area contributed by atoms with Crippen molar-refractivity contribution >= 4 is 12.1 Å². The molecule has 1 aromatic heterocycles. The summed E-state index contributed by atoms with van der Waals surface area (Å²) in [6.07, 6.45) is 1.42. The second-order valence-electron chi connectivity index (χ2n) is 6.34. The number of ether oxygens (including phenoxy) is 1. The van der Waals surface area contributed by atoms with Crippen LogP contribution in [0.2, 0.25) is 0 Å². The number of likely N-dealkylation sites (N-methyl/N-ethyl adjacent to an activating group) is 1. The summed E-state index contributed by atoms with van der Waals surface area (Å²) >= 11 is 0. The van der Waals surface area contributed by atoms with Crippen LogP contribution >= 0.6 is 0 Å². The van der Waals surface area contributed by atoms with Crippen LogP contribution < -0.4 is 10.6 Å². The second kappa shape index (κ2) is 9.75. The molecule has 0 saturated heterocycles. The monoisotopic (exact) mass is 335 g/mol. The van der Waals surface area contributed by atoms with E-state index < -0.39 is 5.60 Å². The number of amides is 1. The van der Waals surface area contributed by atoms with Crippen LogP contribution in [0.25, 0.3) is 0 Å². The largest absolute Gasteiger partial charge is 0.444 e. The van der Waals surface area contributed by atoms with Gasteiger partial charge in [0, 0.05) is 32.9 Å². The van der Waals surface area contributed by atoms with Gasteiger partial charge in [-0.2, -0.15) is 0 Å². The number of carbonyl (C=O) groups excluding carboxylic acids is 1. The summed E-state index contributed by atoms with van der Waals surface area (Å²) < 4.78 is 5.31. The standard InChI is InChI=1S/C17H29N5O2/c1-6-18-15(21-13-14-9-7-8-10-19-14)20-11-12-22(5)16(23)24-17(2,3)4/h7-10H,6,11-13H2,1-5H3,(H2,18,20,21). The molecule has 0 bridgehead atoms. The van der Waals surface area contributed by atoms with Gasteiger partial charge in [-0.1, -0.05) is 6.07 Å². The highest BCUT2D eigenvalue weighted by molar-refractivity contribution is 5.79. The molecule has 0 atom stereocenters. The zero-order valence-electron chi connectivity index (χ0n) is 15.3. The number of hydrogen-bond acceptors (Lipinski definition) is 4. The molecule has 0 aliphatic carbocycles. The number of nitrogens with one attached hydrogen (secondary N) is 2. The highest BCUT2D eigenvalue weighted by Gasteiger charge is 2.19. The molecule has 24 heavy (non-hydrogen) atoms. The molecule has 7 heteroatoms. The van der Waals surface area contributed by atoms with Gasteiger partial charge in [0.1, 0.15) is 5.60 Å². The first-order chi connectivity index (χ1) is 11.3. The maximum Gasteiger partial charge on any atom is 0.410 e. The molecule has 0 fully saturated rings. The van der Waals surface area contributed by atoms with Crippen molar-refractivity contribution in [3.05, 3.63) is 30.1 Å². The highest BCUT2D eigenvalue weighted by atomic mass is 16.6. The topological polar surface area (TPSA) is 78.9 Å². The van der Waals surface area contributed by atoms with Crippen molar-refractivity contribution < 1.29 is 9.53 Å². The minimum Gasteiger partial charge on any atom is -0.444 e. The Morgan fingerprint density at radius 1 is 1.33 bits per heavy atom. The fraction of sp³-hybridized carbons (Fsp3) is 0.588. The number of guanidine groups is 1. The van der Waals surface area contributed by atoms with Crippen molar-refractivity contribution in [2.45, 2.75) is 39.8 Å². The van der Waals surface area contributed by atoms with E-state index in [0.717, 1.165) is 12.2 Å². The molecule has 7 nitrogen and oxygen atoms in total. The van der Waals surface area contributed by atoms with Crippen molar-refractivity contribution in [3.63, 3.8) is 0 Å². The third-order valence-corrected chi connectivity index (χ3v) is 2.91. The molecule has 1 aromatic rings. The first-order valence-electron chi connectivity index (χ1n) is 8.18. The van der Waals surface area contributed by atoms with Gasteiger partial charge in [0.2, 0.25) is 0 Å². The first-order valence-corrected chi connectivity index (χ1v) is 8.18. The average Bonchev–Trinajstić information content (AvgIpc) is 2.51. The van der Waals surface area contributed by atoms with Gasteiger partial charge in [-0.05, 0) is 39.8 Å². The van der Waals surface area contributed by atoms with E-state index in [2.05, 4.69) is 20.6 Å². The smallest absolute Gasteiger partial charge is 0.410 e. The molecule has 0 aliphatic rings. The lowest BCUT2D eigenvalue weighted by atomic mass is 10.2. The Morgan fingerprint density at radius 2 is 2.08 bits per heavy atom. The molecule has 1 amide bonds. The maximum atomic E-state index is 11.9. The number of aliphatic imine (C=N–C) groups is 1. The summed E-state index contributed by atoms with van der Waals surface area (Å²) in [7, 11) is 1.72. The van der Waals surface area contributed by atoms with Gasteiger partial charge < -0.3 is 20.3 Å². The second-order valence-corrected chi connectivity index (χ2v) is 6.34. The zero-order chi connectivity index (χ0) is 18.0. The van der Waals surface area contributed by atoms with Gasteiger partial charge in [-0.3, -0.25) is 4.98 Å². The highest BCUT2D eigenvalue weighted by Crippen LogP contribution is 2.08. The number of aromatic nitrogens is 1. The van der Waals surface area contributed by atoms with Crippen molar-refractivity contribution in [2.24, 2.45) is 4.99 Å². The Hall–Kier alpha value is -2.31. The van der Waals surface area contributed by atoms with Crippen LogP contribution in [0.5, 0.6) is 0 Å². The number of carbonyl (C=O) groups is 1. The van der Waals surface area contributed by atoms with Crippen molar-refractivity contribution in [1.29, 1.82) is 0 Å². The number of rotatable bonds is 6. The number of pyridine rings is 1. The molecule has 134 valence electrons. The van der Waals surface area contributed by atoms with Gasteiger partial charge in [-0.25, -0.2) is 9.79 Å². The predicted molar refractivity (Wildman–Crippen MR) is 95.9 cm³/mol. The van der Waals surface area contributed by atoms with E-state index in [4.69, 9.17) is 4.74 Å². The summed E-state index contributed by atoms with van der Waals surface area (Å²) in [5, 5.41) is 6.37. The Bertz CT molecular complexity index is 526. The Balaban J connectivity index is 2.44. The third kappa shape index (κ3) is 8.36. The van der Waals surface area contributed by atoms with E-state index in [9.17, 15) is 4.79 Å². The summed E-state index contributed by atoms with van der Waals surface area (Å²) in [6, 6.07) is 5.75. The molecule has 0 unspecified atom stereocenters. The van der Waals surface area contributed by atoms with Crippen LogP contribution in [-0.2, 0) is 11.3 Å². The normalized spacial score (nSPS) is 11.8. The fourth-order valence-corrected chi connectivity index (χ4v) is 1.77. The summed E-state index contributed by atoms with van der Waals surface area (Å²) in [4.78, 5) is 22.2. The minimum absolute atomic E-state index is 0.334. The van der Waals surface area contributed by atoms with E-state index in [1.165, 1.54) is 0 Å². The van der Waals surface area contributed by atoms with Gasteiger partial charge >= 0.3 is 6.09 Å². The van der Waals surface area contributed by atoms with Crippen LogP contribution in [0.15, 0.2) is 29.4 Å². The van der Waals surface area contributed by atoms with Crippen LogP contribution in [0, 0.1) is 0 Å². The molecule has 0 saturated carbocycles. The van der Waals surface area contributed by atoms with Gasteiger partial charge in [0.05, 0.1) is 12.2 Å². The molecule has 0 aliphatic heterocycles. The molecular formula is C17H29N5O2. The molecule has 1 heterocycles. The fourth-order valence-electron chi connectivity index (χ4n) is 1.77. The lowest BCUT2D eigenvalue weighted by Gasteiger charge is -2.24. The van der Waals surface area contributed by atoms with Crippen LogP contribution in [-0.4, -0.2) is 54.2 Å². The maximum absolute atomic E-state index is 11.9. The van der Waals surface area contributed by atoms with Crippen LogP contribution in [0.1, 0.15) is 33.4 Å². The lowest BCUT2D eigenvalue weighted by Crippen LogP contribution is -2.43. The van der Waals surface area contributed by atoms with E-state index in [1.54, 1.807) is 18.1 Å². The third-order valence-electron chi connectivity index (χ3n) is 2.91. The van der Waals surface area contributed by atoms with E-state index >= 15 is 0 Å². The van der Waals surface area contributed by atoms with Crippen molar-refractivity contribution in [1.82, 2.24) is 20.5 Å². The predicted octanol–water partition coefficient (Wildman–Crippen LogP) is 2.00. The summed E-state index contributed by atoms with van der Waals surface area (Å²) in [5.74, 6) is 0.695. The molecule has 0 aromatic carbocycles. The average molecular weight is 335 g/mol. The molecular weight excluding hydrogens is 306 g/mol. The Kier molecular flexibility index (Phi) is 8.01. The van der Waals surface area contributed by atoms with Crippen molar-refractivity contribution in [3.8, 4) is 0 Å². The molecule has 0 spiro atoms. The minimum atomic E-state index is -0.488. The van der Waals surface area contributed by atoms with Gasteiger partial charge in [-0.15, -0.1) is 0 Å².